The number of carbonyl (C=O) groups is 1. The summed E-state index contributed by atoms with van der Waals surface area (Å²) in [6.45, 7) is 10.8. The molecule has 0 spiro atoms. The van der Waals surface area contributed by atoms with Gasteiger partial charge in [0.2, 0.25) is 5.89 Å². The van der Waals surface area contributed by atoms with Crippen molar-refractivity contribution in [1.29, 1.82) is 0 Å². The highest BCUT2D eigenvalue weighted by Crippen LogP contribution is 2.65. The van der Waals surface area contributed by atoms with E-state index in [0.717, 1.165) is 0 Å². The van der Waals surface area contributed by atoms with Crippen LogP contribution >= 0.6 is 11.8 Å². The smallest absolute Gasteiger partial charge is 0.316 e. The van der Waals surface area contributed by atoms with Gasteiger partial charge in [-0.15, -0.1) is 10.2 Å². The Balaban J connectivity index is 1.98. The van der Waals surface area contributed by atoms with Crippen LogP contribution in [0.5, 0.6) is 0 Å². The fourth-order valence-electron chi connectivity index (χ4n) is 2.55. The van der Waals surface area contributed by atoms with Gasteiger partial charge in [-0.3, -0.25) is 4.79 Å². The van der Waals surface area contributed by atoms with Gasteiger partial charge in [-0.1, -0.05) is 37.3 Å². The molecular weight excluding hydrogens is 288 g/mol. The standard InChI is InChI=1S/C15H22N2O3S/c1-6-19-11(18)8-21-14-17-16-13(20-14)12-10(7-9(2)3)15(12,4)5/h7,10,12H,6,8H2,1-5H3/t10-,12+/m1/s1. The molecule has 6 heteroatoms. The molecule has 0 aromatic carbocycles. The summed E-state index contributed by atoms with van der Waals surface area (Å²) < 4.78 is 10.6. The van der Waals surface area contributed by atoms with Gasteiger partial charge in [0.25, 0.3) is 5.22 Å². The summed E-state index contributed by atoms with van der Waals surface area (Å²) in [5, 5.41) is 8.57. The van der Waals surface area contributed by atoms with Crippen molar-refractivity contribution in [3.05, 3.63) is 17.5 Å². The van der Waals surface area contributed by atoms with Gasteiger partial charge in [-0.25, -0.2) is 0 Å². The number of nitrogens with zero attached hydrogens (tertiary/aromatic N) is 2. The average molecular weight is 310 g/mol. The Morgan fingerprint density at radius 1 is 1.43 bits per heavy atom. The second-order valence-electron chi connectivity index (χ2n) is 6.07. The molecule has 1 aliphatic rings. The van der Waals surface area contributed by atoms with E-state index in [-0.39, 0.29) is 23.1 Å². The minimum Gasteiger partial charge on any atom is -0.465 e. The Hall–Kier alpha value is -1.30. The fourth-order valence-corrected chi connectivity index (χ4v) is 3.11. The topological polar surface area (TPSA) is 65.2 Å². The summed E-state index contributed by atoms with van der Waals surface area (Å²) in [6.07, 6.45) is 2.26. The molecule has 0 saturated heterocycles. The number of esters is 1. The van der Waals surface area contributed by atoms with Crippen LogP contribution < -0.4 is 0 Å². The number of aromatic nitrogens is 2. The fraction of sp³-hybridized carbons (Fsp3) is 0.667. The summed E-state index contributed by atoms with van der Waals surface area (Å²) in [5.41, 5.74) is 1.44. The Bertz CT molecular complexity index is 547. The van der Waals surface area contributed by atoms with Gasteiger partial charge in [0.05, 0.1) is 6.61 Å². The van der Waals surface area contributed by atoms with Gasteiger partial charge < -0.3 is 9.15 Å². The Kier molecular flexibility index (Phi) is 4.76. The molecule has 1 aromatic rings. The van der Waals surface area contributed by atoms with Crippen molar-refractivity contribution in [2.45, 2.75) is 45.8 Å². The van der Waals surface area contributed by atoms with E-state index in [1.165, 1.54) is 17.3 Å². The summed E-state index contributed by atoms with van der Waals surface area (Å²) in [7, 11) is 0. The van der Waals surface area contributed by atoms with E-state index in [4.69, 9.17) is 9.15 Å². The van der Waals surface area contributed by atoms with Crippen molar-refractivity contribution in [3.8, 4) is 0 Å². The van der Waals surface area contributed by atoms with Gasteiger partial charge in [-0.05, 0) is 32.1 Å². The molecule has 0 amide bonds. The first-order valence-electron chi connectivity index (χ1n) is 7.13. The van der Waals surface area contributed by atoms with Crippen LogP contribution in [0.25, 0.3) is 0 Å². The zero-order valence-electron chi connectivity index (χ0n) is 13.2. The Morgan fingerprint density at radius 2 is 2.14 bits per heavy atom. The van der Waals surface area contributed by atoms with Gasteiger partial charge in [0, 0.05) is 5.92 Å². The van der Waals surface area contributed by atoms with E-state index in [2.05, 4.69) is 44.0 Å². The Morgan fingerprint density at radius 3 is 2.76 bits per heavy atom. The van der Waals surface area contributed by atoms with E-state index in [1.807, 2.05) is 0 Å². The maximum absolute atomic E-state index is 11.3. The highest BCUT2D eigenvalue weighted by Gasteiger charge is 2.60. The van der Waals surface area contributed by atoms with Crippen LogP contribution in [0, 0.1) is 11.3 Å². The van der Waals surface area contributed by atoms with Gasteiger partial charge >= 0.3 is 5.97 Å². The molecule has 1 aromatic heterocycles. The molecule has 1 fully saturated rings. The third-order valence-corrected chi connectivity index (χ3v) is 4.52. The number of hydrogen-bond donors (Lipinski definition) is 0. The van der Waals surface area contributed by atoms with Crippen molar-refractivity contribution in [2.24, 2.45) is 11.3 Å². The number of carbonyl (C=O) groups excluding carboxylic acids is 1. The van der Waals surface area contributed by atoms with E-state index in [9.17, 15) is 4.79 Å². The van der Waals surface area contributed by atoms with E-state index in [0.29, 0.717) is 23.6 Å². The molecule has 1 heterocycles. The van der Waals surface area contributed by atoms with Crippen LogP contribution in [0.3, 0.4) is 0 Å². The normalized spacial score (nSPS) is 22.7. The quantitative estimate of drug-likeness (QED) is 0.455. The number of thioether (sulfide) groups is 1. The minimum atomic E-state index is -0.267. The maximum Gasteiger partial charge on any atom is 0.316 e. The third kappa shape index (κ3) is 3.67. The van der Waals surface area contributed by atoms with Crippen molar-refractivity contribution >= 4 is 17.7 Å². The van der Waals surface area contributed by atoms with Gasteiger partial charge in [0.15, 0.2) is 0 Å². The Labute approximate surface area is 129 Å². The van der Waals surface area contributed by atoms with Crippen molar-refractivity contribution in [1.82, 2.24) is 10.2 Å². The number of allylic oxidation sites excluding steroid dienone is 2. The number of rotatable bonds is 6. The van der Waals surface area contributed by atoms with Crippen LogP contribution in [0.2, 0.25) is 0 Å². The molecule has 21 heavy (non-hydrogen) atoms. The predicted molar refractivity (Wildman–Crippen MR) is 81.1 cm³/mol. The SMILES string of the molecule is CCOC(=O)CSc1nnc([C@@H]2[C@@H](C=C(C)C)C2(C)C)o1. The first-order chi connectivity index (χ1) is 9.86. The lowest BCUT2D eigenvalue weighted by Crippen LogP contribution is -2.06. The van der Waals surface area contributed by atoms with E-state index < -0.39 is 0 Å². The summed E-state index contributed by atoms with van der Waals surface area (Å²) in [6, 6.07) is 0. The molecule has 0 aliphatic heterocycles. The molecule has 1 aliphatic carbocycles. The summed E-state index contributed by atoms with van der Waals surface area (Å²) >= 11 is 1.22. The van der Waals surface area contributed by atoms with Crippen LogP contribution in [-0.4, -0.2) is 28.5 Å². The number of hydrogen-bond acceptors (Lipinski definition) is 6. The van der Waals surface area contributed by atoms with Crippen molar-refractivity contribution < 1.29 is 13.9 Å². The average Bonchev–Trinajstić information content (AvgIpc) is 2.76. The predicted octanol–water partition coefficient (Wildman–Crippen LogP) is 3.43. The third-order valence-electron chi connectivity index (χ3n) is 3.73. The monoisotopic (exact) mass is 310 g/mol. The second-order valence-corrected chi connectivity index (χ2v) is 7.00. The zero-order chi connectivity index (χ0) is 15.6. The van der Waals surface area contributed by atoms with Gasteiger partial charge in [-0.2, -0.15) is 0 Å². The van der Waals surface area contributed by atoms with Crippen LogP contribution in [0.4, 0.5) is 0 Å². The largest absolute Gasteiger partial charge is 0.465 e. The van der Waals surface area contributed by atoms with Crippen molar-refractivity contribution in [2.75, 3.05) is 12.4 Å². The molecule has 2 atom stereocenters. The summed E-state index contributed by atoms with van der Waals surface area (Å²) in [5.74, 6) is 1.29. The first-order valence-corrected chi connectivity index (χ1v) is 8.11. The molecule has 116 valence electrons. The van der Waals surface area contributed by atoms with Gasteiger partial charge in [0.1, 0.15) is 5.75 Å². The molecule has 1 saturated carbocycles. The van der Waals surface area contributed by atoms with Crippen molar-refractivity contribution in [3.63, 3.8) is 0 Å². The molecule has 2 rings (SSSR count). The lowest BCUT2D eigenvalue weighted by atomic mass is 10.1. The highest BCUT2D eigenvalue weighted by atomic mass is 32.2. The van der Waals surface area contributed by atoms with E-state index in [1.54, 1.807) is 6.92 Å². The zero-order valence-corrected chi connectivity index (χ0v) is 14.0. The van der Waals surface area contributed by atoms with E-state index >= 15 is 0 Å². The molecule has 5 nitrogen and oxygen atoms in total. The number of ether oxygens (including phenoxy) is 1. The summed E-state index contributed by atoms with van der Waals surface area (Å²) in [4.78, 5) is 11.3. The lowest BCUT2D eigenvalue weighted by molar-refractivity contribution is -0.139. The van der Waals surface area contributed by atoms with Crippen LogP contribution in [0.15, 0.2) is 21.3 Å². The molecule has 0 bridgehead atoms. The second kappa shape index (κ2) is 6.22. The molecule has 0 radical (unpaired) electrons. The lowest BCUT2D eigenvalue weighted by Gasteiger charge is -1.98. The molecular formula is C15H22N2O3S. The molecule has 0 unspecified atom stereocenters. The minimum absolute atomic E-state index is 0.146. The highest BCUT2D eigenvalue weighted by molar-refractivity contribution is 7.99. The maximum atomic E-state index is 11.3. The van der Waals surface area contributed by atoms with Crippen LogP contribution in [0.1, 0.15) is 46.4 Å². The van der Waals surface area contributed by atoms with Crippen LogP contribution in [-0.2, 0) is 9.53 Å². The first kappa shape index (κ1) is 16.1. The molecule has 0 N–H and O–H groups in total.